The molecule has 12 aromatic rings. The molecule has 1 unspecified atom stereocenters. The van der Waals surface area contributed by atoms with Crippen molar-refractivity contribution in [2.75, 3.05) is 0 Å². The smallest absolute Gasteiger partial charge is 0.319 e. The molecule has 7 aromatic carbocycles. The standard InChI is InChI=1S/C49H27N5O/c1-2-12-28(13-3-1)51-35-16-6-5-15-30(35)33-26-34-31-21-23-41-45-44(31)48-52(40(34)27-39(33)51)37-18-8-9-19-38(37)54(48)49(45)46-42(55-41)24-22-32-29-14-4-7-17-36(29)53(47(32)46)43-20-10-11-25-50(43)49/h1-27H/q+2. The highest BCUT2D eigenvalue weighted by Crippen LogP contribution is 2.57. The SMILES string of the molecule is c1ccc(-n2c3ccccc3c3cc4c5ccc6c7c5c5n(c4cc32)c2ccccc2[n+]5C72c3c(ccc4c5ccccc5n(c34)-c3cccc[n+]32)O6)cc1. The van der Waals surface area contributed by atoms with Crippen molar-refractivity contribution >= 4 is 82.0 Å². The minimum Gasteiger partial charge on any atom is -0.456 e. The highest BCUT2D eigenvalue weighted by molar-refractivity contribution is 6.22. The van der Waals surface area contributed by atoms with Gasteiger partial charge in [0.25, 0.3) is 5.82 Å². The molecular weight excluding hydrogens is 675 g/mol. The maximum atomic E-state index is 7.09. The molecule has 0 radical (unpaired) electrons. The quantitative estimate of drug-likeness (QED) is 0.124. The Balaban J connectivity index is 1.22. The number of rotatable bonds is 1. The van der Waals surface area contributed by atoms with Gasteiger partial charge in [0.05, 0.1) is 22.6 Å². The molecule has 55 heavy (non-hydrogen) atoms. The number of imidazole rings is 1. The Morgan fingerprint density at radius 2 is 1.15 bits per heavy atom. The topological polar surface area (TPSA) is 31.3 Å². The van der Waals surface area contributed by atoms with Crippen molar-refractivity contribution in [3.63, 3.8) is 0 Å². The van der Waals surface area contributed by atoms with Crippen molar-refractivity contribution in [3.8, 4) is 23.0 Å². The lowest BCUT2D eigenvalue weighted by atomic mass is 9.83. The van der Waals surface area contributed by atoms with Crippen LogP contribution in [-0.4, -0.2) is 13.5 Å². The van der Waals surface area contributed by atoms with Crippen molar-refractivity contribution in [3.05, 3.63) is 175 Å². The maximum absolute atomic E-state index is 7.09. The molecule has 1 atom stereocenters. The van der Waals surface area contributed by atoms with Gasteiger partial charge in [-0.2, -0.15) is 18.1 Å². The van der Waals surface area contributed by atoms with E-state index in [1.165, 1.54) is 93.1 Å². The minimum absolute atomic E-state index is 0.748. The molecule has 3 aliphatic heterocycles. The third-order valence-electron chi connectivity index (χ3n) is 13.0. The summed E-state index contributed by atoms with van der Waals surface area (Å²) in [6.07, 6.45) is 2.28. The van der Waals surface area contributed by atoms with Crippen molar-refractivity contribution in [2.24, 2.45) is 0 Å². The normalized spacial score (nSPS) is 16.2. The second kappa shape index (κ2) is 8.84. The fraction of sp³-hybridized carbons (Fsp3) is 0.0204. The van der Waals surface area contributed by atoms with Gasteiger partial charge in [0.2, 0.25) is 0 Å². The molecule has 252 valence electrons. The first-order chi connectivity index (χ1) is 27.3. The van der Waals surface area contributed by atoms with Crippen LogP contribution in [0.4, 0.5) is 0 Å². The molecule has 0 aliphatic carbocycles. The molecule has 1 spiro atoms. The van der Waals surface area contributed by atoms with Gasteiger partial charge < -0.3 is 9.30 Å². The van der Waals surface area contributed by atoms with Crippen LogP contribution in [0.2, 0.25) is 0 Å². The molecule has 5 aromatic heterocycles. The third-order valence-corrected chi connectivity index (χ3v) is 13.0. The molecule has 3 aliphatic rings. The molecule has 0 bridgehead atoms. The Kier molecular flexibility index (Phi) is 4.37. The molecular formula is C49H27N5O+2. The van der Waals surface area contributed by atoms with Crippen LogP contribution in [0.15, 0.2) is 164 Å². The first-order valence-electron chi connectivity index (χ1n) is 19.0. The Morgan fingerprint density at radius 3 is 2.00 bits per heavy atom. The highest BCUT2D eigenvalue weighted by Gasteiger charge is 2.65. The lowest BCUT2D eigenvalue weighted by Crippen LogP contribution is -2.75. The van der Waals surface area contributed by atoms with E-state index in [4.69, 9.17) is 4.74 Å². The maximum Gasteiger partial charge on any atom is 0.319 e. The number of benzene rings is 7. The Bertz CT molecular complexity index is 3810. The third kappa shape index (κ3) is 2.77. The molecule has 0 saturated carbocycles. The van der Waals surface area contributed by atoms with E-state index in [-0.39, 0.29) is 0 Å². The molecule has 6 nitrogen and oxygen atoms in total. The largest absolute Gasteiger partial charge is 0.456 e. The monoisotopic (exact) mass is 701 g/mol. The number of ether oxygens (including phenoxy) is 1. The van der Waals surface area contributed by atoms with Gasteiger partial charge in [0, 0.05) is 50.1 Å². The summed E-state index contributed by atoms with van der Waals surface area (Å²) in [5, 5.41) is 8.67. The van der Waals surface area contributed by atoms with Crippen molar-refractivity contribution < 1.29 is 13.9 Å². The van der Waals surface area contributed by atoms with Crippen molar-refractivity contribution in [1.29, 1.82) is 0 Å². The predicted octanol–water partition coefficient (Wildman–Crippen LogP) is 10.2. The molecule has 0 saturated heterocycles. The molecule has 0 amide bonds. The summed E-state index contributed by atoms with van der Waals surface area (Å²) >= 11 is 0. The van der Waals surface area contributed by atoms with Crippen LogP contribution in [0, 0.1) is 0 Å². The van der Waals surface area contributed by atoms with Crippen LogP contribution in [-0.2, 0) is 5.66 Å². The van der Waals surface area contributed by atoms with E-state index in [1.807, 2.05) is 0 Å². The van der Waals surface area contributed by atoms with Crippen LogP contribution in [0.5, 0.6) is 11.5 Å². The Labute approximate surface area is 312 Å². The molecule has 0 fully saturated rings. The second-order valence-corrected chi connectivity index (χ2v) is 15.3. The first-order valence-corrected chi connectivity index (χ1v) is 19.0. The summed E-state index contributed by atoms with van der Waals surface area (Å²) in [5.41, 5.74) is 12.3. The predicted molar refractivity (Wildman–Crippen MR) is 217 cm³/mol. The summed E-state index contributed by atoms with van der Waals surface area (Å²) in [7, 11) is 0. The fourth-order valence-electron chi connectivity index (χ4n) is 11.1. The zero-order valence-electron chi connectivity index (χ0n) is 29.2. The lowest BCUT2D eigenvalue weighted by Gasteiger charge is -2.36. The number of pyridine rings is 2. The summed E-state index contributed by atoms with van der Waals surface area (Å²) in [5.74, 6) is 2.93. The number of nitrogens with zero attached hydrogens (tertiary/aromatic N) is 5. The van der Waals surface area contributed by atoms with Crippen LogP contribution in [0.1, 0.15) is 11.1 Å². The number of para-hydroxylation sites is 5. The Morgan fingerprint density at radius 1 is 0.473 bits per heavy atom. The summed E-state index contributed by atoms with van der Waals surface area (Å²) in [4.78, 5) is 0. The van der Waals surface area contributed by atoms with Gasteiger partial charge >= 0.3 is 11.3 Å². The van der Waals surface area contributed by atoms with Gasteiger partial charge in [-0.25, -0.2) is 0 Å². The highest BCUT2D eigenvalue weighted by atomic mass is 16.5. The molecule has 8 heterocycles. The van der Waals surface area contributed by atoms with E-state index in [2.05, 4.69) is 187 Å². The van der Waals surface area contributed by atoms with Crippen LogP contribution in [0.25, 0.3) is 93.5 Å². The summed E-state index contributed by atoms with van der Waals surface area (Å²) in [6, 6.07) is 57.9. The fourth-order valence-corrected chi connectivity index (χ4v) is 11.1. The minimum atomic E-state index is -0.748. The van der Waals surface area contributed by atoms with Gasteiger partial charge in [0.1, 0.15) is 33.7 Å². The second-order valence-electron chi connectivity index (χ2n) is 15.3. The van der Waals surface area contributed by atoms with E-state index in [1.54, 1.807) is 0 Å². The lowest BCUT2D eigenvalue weighted by molar-refractivity contribution is -0.946. The van der Waals surface area contributed by atoms with Crippen LogP contribution in [0.3, 0.4) is 0 Å². The summed E-state index contributed by atoms with van der Waals surface area (Å²) < 4.78 is 19.7. The number of aromatic nitrogens is 5. The zero-order chi connectivity index (χ0) is 35.3. The molecule has 15 rings (SSSR count). The van der Waals surface area contributed by atoms with Crippen LogP contribution < -0.4 is 13.9 Å². The average Bonchev–Trinajstić information content (AvgIpc) is 3.96. The van der Waals surface area contributed by atoms with Gasteiger partial charge in [-0.1, -0.05) is 66.7 Å². The van der Waals surface area contributed by atoms with E-state index < -0.39 is 5.66 Å². The average molecular weight is 702 g/mol. The van der Waals surface area contributed by atoms with Crippen molar-refractivity contribution in [1.82, 2.24) is 13.5 Å². The number of hydrogen-bond acceptors (Lipinski definition) is 1. The summed E-state index contributed by atoms with van der Waals surface area (Å²) in [6.45, 7) is 0. The van der Waals surface area contributed by atoms with Crippen LogP contribution >= 0.6 is 0 Å². The van der Waals surface area contributed by atoms with E-state index in [0.29, 0.717) is 0 Å². The van der Waals surface area contributed by atoms with Gasteiger partial charge in [-0.15, -0.1) is 0 Å². The van der Waals surface area contributed by atoms with Gasteiger partial charge in [0.15, 0.2) is 16.6 Å². The number of hydrogen-bond donors (Lipinski definition) is 0. The van der Waals surface area contributed by atoms with Gasteiger partial charge in [-0.3, -0.25) is 0 Å². The Hall–Kier alpha value is -7.44. The van der Waals surface area contributed by atoms with E-state index in [9.17, 15) is 0 Å². The first kappa shape index (κ1) is 27.2. The van der Waals surface area contributed by atoms with E-state index in [0.717, 1.165) is 23.0 Å². The van der Waals surface area contributed by atoms with E-state index >= 15 is 0 Å². The zero-order valence-corrected chi connectivity index (χ0v) is 29.2. The number of fused-ring (bicyclic) bond motifs is 14. The van der Waals surface area contributed by atoms with Gasteiger partial charge in [-0.05, 0) is 78.9 Å². The molecule has 0 N–H and O–H groups in total. The van der Waals surface area contributed by atoms with Crippen molar-refractivity contribution in [2.45, 2.75) is 5.66 Å². The molecule has 6 heteroatoms.